The van der Waals surface area contributed by atoms with Crippen molar-refractivity contribution >= 4 is 17.2 Å². The number of hydrogen-bond donors (Lipinski definition) is 2. The Morgan fingerprint density at radius 2 is 2.08 bits per heavy atom. The summed E-state index contributed by atoms with van der Waals surface area (Å²) in [5.41, 5.74) is 1.63. The van der Waals surface area contributed by atoms with Gasteiger partial charge in [0.15, 0.2) is 0 Å². The van der Waals surface area contributed by atoms with Crippen molar-refractivity contribution in [2.24, 2.45) is 0 Å². The first-order valence-corrected chi connectivity index (χ1v) is 9.41. The van der Waals surface area contributed by atoms with Crippen LogP contribution >= 0.6 is 11.3 Å². The van der Waals surface area contributed by atoms with E-state index < -0.39 is 5.91 Å². The van der Waals surface area contributed by atoms with Gasteiger partial charge >= 0.3 is 0 Å². The van der Waals surface area contributed by atoms with Gasteiger partial charge in [0.25, 0.3) is 11.5 Å². The Labute approximate surface area is 154 Å². The highest BCUT2D eigenvalue weighted by molar-refractivity contribution is 7.09. The molecule has 4 rings (SSSR count). The third-order valence-electron chi connectivity index (χ3n) is 4.26. The maximum atomic E-state index is 12.2. The molecule has 1 amide bonds. The second kappa shape index (κ2) is 7.21. The fourth-order valence-electron chi connectivity index (χ4n) is 2.68. The van der Waals surface area contributed by atoms with E-state index in [4.69, 9.17) is 0 Å². The Kier molecular flexibility index (Phi) is 4.62. The van der Waals surface area contributed by atoms with Crippen LogP contribution in [0.1, 0.15) is 51.2 Å². The number of thiazole rings is 1. The van der Waals surface area contributed by atoms with E-state index in [1.807, 2.05) is 23.6 Å². The molecule has 0 unspecified atom stereocenters. The normalized spacial score (nSPS) is 13.5. The van der Waals surface area contributed by atoms with Crippen molar-refractivity contribution in [3.05, 3.63) is 79.9 Å². The summed E-state index contributed by atoms with van der Waals surface area (Å²) in [6.07, 6.45) is 4.22. The number of aromatic nitrogens is 3. The van der Waals surface area contributed by atoms with Gasteiger partial charge in [-0.05, 0) is 18.4 Å². The maximum absolute atomic E-state index is 12.2. The Hall–Kier alpha value is -2.80. The van der Waals surface area contributed by atoms with Crippen molar-refractivity contribution in [1.29, 1.82) is 0 Å². The number of hydrogen-bond acceptors (Lipinski definition) is 5. The van der Waals surface area contributed by atoms with Gasteiger partial charge in [0, 0.05) is 23.9 Å². The molecule has 0 atom stereocenters. The van der Waals surface area contributed by atoms with Gasteiger partial charge in [-0.15, -0.1) is 11.3 Å². The number of carbonyl (C=O) groups is 1. The van der Waals surface area contributed by atoms with Crippen molar-refractivity contribution in [3.8, 4) is 0 Å². The second-order valence-corrected chi connectivity index (χ2v) is 7.31. The number of aromatic amines is 1. The maximum Gasteiger partial charge on any atom is 0.263 e. The molecule has 0 aliphatic heterocycles. The molecule has 1 fully saturated rings. The molecular formula is C19H18N4O2S. The molecule has 0 radical (unpaired) electrons. The first-order valence-electron chi connectivity index (χ1n) is 8.53. The predicted octanol–water partition coefficient (Wildman–Crippen LogP) is 2.62. The second-order valence-electron chi connectivity index (χ2n) is 6.36. The Morgan fingerprint density at radius 3 is 2.81 bits per heavy atom. The molecule has 3 aromatic rings. The minimum atomic E-state index is -0.432. The highest BCUT2D eigenvalue weighted by Gasteiger charge is 2.26. The molecule has 7 heteroatoms. The molecule has 0 bridgehead atoms. The van der Waals surface area contributed by atoms with E-state index in [1.54, 1.807) is 11.3 Å². The van der Waals surface area contributed by atoms with Crippen LogP contribution < -0.4 is 10.9 Å². The van der Waals surface area contributed by atoms with Gasteiger partial charge in [-0.25, -0.2) is 9.97 Å². The molecule has 0 saturated heterocycles. The van der Waals surface area contributed by atoms with E-state index in [0.717, 1.165) is 30.0 Å². The van der Waals surface area contributed by atoms with E-state index in [-0.39, 0.29) is 17.7 Å². The highest BCUT2D eigenvalue weighted by Crippen LogP contribution is 2.37. The molecule has 2 aromatic heterocycles. The van der Waals surface area contributed by atoms with Crippen LogP contribution in [0.3, 0.4) is 0 Å². The monoisotopic (exact) mass is 366 g/mol. The molecule has 1 aliphatic rings. The van der Waals surface area contributed by atoms with Crippen LogP contribution in [0, 0.1) is 0 Å². The standard InChI is InChI=1S/C19H18N4O2S/c24-18(15-10-20-17(13-6-7-13)23-19(15)25)21-9-14-11-26-16(22-14)8-12-4-2-1-3-5-12/h1-5,10-11,13H,6-9H2,(H,21,24)(H,20,23,25). The molecule has 1 saturated carbocycles. The van der Waals surface area contributed by atoms with Crippen molar-refractivity contribution in [1.82, 2.24) is 20.3 Å². The number of benzene rings is 1. The minimum absolute atomic E-state index is 0.0362. The lowest BCUT2D eigenvalue weighted by Gasteiger charge is -2.03. The average Bonchev–Trinajstić information content (AvgIpc) is 3.41. The summed E-state index contributed by atoms with van der Waals surface area (Å²) in [7, 11) is 0. The average molecular weight is 366 g/mol. The summed E-state index contributed by atoms with van der Waals surface area (Å²) < 4.78 is 0. The predicted molar refractivity (Wildman–Crippen MR) is 99.4 cm³/mol. The van der Waals surface area contributed by atoms with Crippen LogP contribution in [0.4, 0.5) is 0 Å². The van der Waals surface area contributed by atoms with Crippen molar-refractivity contribution in [2.75, 3.05) is 0 Å². The van der Waals surface area contributed by atoms with E-state index in [9.17, 15) is 9.59 Å². The van der Waals surface area contributed by atoms with E-state index in [1.165, 1.54) is 11.8 Å². The van der Waals surface area contributed by atoms with Gasteiger partial charge in [-0.3, -0.25) is 9.59 Å². The van der Waals surface area contributed by atoms with E-state index in [2.05, 4.69) is 32.4 Å². The SMILES string of the molecule is O=C(NCc1csc(Cc2ccccc2)n1)c1cnc(C2CC2)[nH]c1=O. The summed E-state index contributed by atoms with van der Waals surface area (Å²) in [4.78, 5) is 35.7. The van der Waals surface area contributed by atoms with Crippen molar-refractivity contribution < 1.29 is 4.79 Å². The van der Waals surface area contributed by atoms with Crippen molar-refractivity contribution in [2.45, 2.75) is 31.7 Å². The van der Waals surface area contributed by atoms with E-state index >= 15 is 0 Å². The summed E-state index contributed by atoms with van der Waals surface area (Å²) >= 11 is 1.56. The van der Waals surface area contributed by atoms with Gasteiger partial charge in [-0.2, -0.15) is 0 Å². The Morgan fingerprint density at radius 1 is 1.27 bits per heavy atom. The smallest absolute Gasteiger partial charge is 0.263 e. The molecular weight excluding hydrogens is 348 g/mol. The number of nitrogens with zero attached hydrogens (tertiary/aromatic N) is 2. The fraction of sp³-hybridized carbons (Fsp3) is 0.263. The fourth-order valence-corrected chi connectivity index (χ4v) is 3.51. The molecule has 2 N–H and O–H groups in total. The lowest BCUT2D eigenvalue weighted by atomic mass is 10.2. The van der Waals surface area contributed by atoms with Crippen LogP contribution in [-0.2, 0) is 13.0 Å². The van der Waals surface area contributed by atoms with Gasteiger partial charge in [0.2, 0.25) is 0 Å². The first kappa shape index (κ1) is 16.7. The number of rotatable bonds is 6. The number of H-pyrrole nitrogens is 1. The van der Waals surface area contributed by atoms with E-state index in [0.29, 0.717) is 11.7 Å². The zero-order valence-electron chi connectivity index (χ0n) is 14.1. The third kappa shape index (κ3) is 3.88. The third-order valence-corrected chi connectivity index (χ3v) is 5.15. The molecule has 1 aromatic carbocycles. The molecule has 2 heterocycles. The summed E-state index contributed by atoms with van der Waals surface area (Å²) in [5.74, 6) is 0.591. The number of nitrogens with one attached hydrogen (secondary N) is 2. The molecule has 1 aliphatic carbocycles. The van der Waals surface area contributed by atoms with Crippen LogP contribution in [0.5, 0.6) is 0 Å². The molecule has 0 spiro atoms. The Bertz CT molecular complexity index is 976. The minimum Gasteiger partial charge on any atom is -0.346 e. The zero-order valence-corrected chi connectivity index (χ0v) is 14.9. The first-order chi connectivity index (χ1) is 12.7. The lowest BCUT2D eigenvalue weighted by Crippen LogP contribution is -2.30. The summed E-state index contributed by atoms with van der Waals surface area (Å²) in [6, 6.07) is 10.1. The quantitative estimate of drug-likeness (QED) is 0.702. The topological polar surface area (TPSA) is 87.7 Å². The summed E-state index contributed by atoms with van der Waals surface area (Å²) in [5, 5.41) is 5.66. The molecule has 132 valence electrons. The van der Waals surface area contributed by atoms with Gasteiger partial charge < -0.3 is 10.3 Å². The summed E-state index contributed by atoms with van der Waals surface area (Å²) in [6.45, 7) is 0.286. The highest BCUT2D eigenvalue weighted by atomic mass is 32.1. The van der Waals surface area contributed by atoms with Crippen LogP contribution in [0.15, 0.2) is 46.7 Å². The largest absolute Gasteiger partial charge is 0.346 e. The number of carbonyl (C=O) groups excluding carboxylic acids is 1. The van der Waals surface area contributed by atoms with Crippen LogP contribution in [-0.4, -0.2) is 20.9 Å². The number of amides is 1. The zero-order chi connectivity index (χ0) is 17.9. The van der Waals surface area contributed by atoms with Gasteiger partial charge in [0.05, 0.1) is 17.2 Å². The van der Waals surface area contributed by atoms with Gasteiger partial charge in [0.1, 0.15) is 11.4 Å². The molecule has 6 nitrogen and oxygen atoms in total. The van der Waals surface area contributed by atoms with Crippen molar-refractivity contribution in [3.63, 3.8) is 0 Å². The molecule has 26 heavy (non-hydrogen) atoms. The van der Waals surface area contributed by atoms with Gasteiger partial charge in [-0.1, -0.05) is 30.3 Å². The van der Waals surface area contributed by atoms with Crippen LogP contribution in [0.25, 0.3) is 0 Å². The van der Waals surface area contributed by atoms with Crippen LogP contribution in [0.2, 0.25) is 0 Å². The Balaban J connectivity index is 1.36. The lowest BCUT2D eigenvalue weighted by molar-refractivity contribution is 0.0948.